The molecule has 0 saturated heterocycles. The number of rotatable bonds is 4. The second kappa shape index (κ2) is 6.88. The van der Waals surface area contributed by atoms with Gasteiger partial charge in [0.05, 0.1) is 11.9 Å². The van der Waals surface area contributed by atoms with Gasteiger partial charge in [0.2, 0.25) is 0 Å². The first-order valence-corrected chi connectivity index (χ1v) is 8.71. The summed E-state index contributed by atoms with van der Waals surface area (Å²) in [6, 6.07) is 17.7. The van der Waals surface area contributed by atoms with Crippen LogP contribution in [0.2, 0.25) is 0 Å². The lowest BCUT2D eigenvalue weighted by Gasteiger charge is -2.11. The standard InChI is InChI=1S/C20H13BrF2N2O/c21-15-6-8-16(9-7-15)25-19-14(11-24-25)10-17(22)20(18(19)23)26-12-13-4-2-1-3-5-13/h1-11H,12H2. The van der Waals surface area contributed by atoms with Crippen molar-refractivity contribution in [3.8, 4) is 11.4 Å². The summed E-state index contributed by atoms with van der Waals surface area (Å²) in [5, 5.41) is 4.57. The van der Waals surface area contributed by atoms with Gasteiger partial charge in [-0.25, -0.2) is 13.5 Å². The molecule has 26 heavy (non-hydrogen) atoms. The number of hydrogen-bond acceptors (Lipinski definition) is 2. The van der Waals surface area contributed by atoms with Gasteiger partial charge in [-0.15, -0.1) is 0 Å². The smallest absolute Gasteiger partial charge is 0.194 e. The molecule has 4 aromatic rings. The van der Waals surface area contributed by atoms with Gasteiger partial charge in [0.25, 0.3) is 0 Å². The van der Waals surface area contributed by atoms with Crippen molar-refractivity contribution in [1.82, 2.24) is 9.78 Å². The fraction of sp³-hybridized carbons (Fsp3) is 0.0500. The SMILES string of the molecule is Fc1cc2cnn(-c3ccc(Br)cc3)c2c(F)c1OCc1ccccc1. The van der Waals surface area contributed by atoms with Gasteiger partial charge in [0.1, 0.15) is 12.1 Å². The Labute approximate surface area is 157 Å². The predicted molar refractivity (Wildman–Crippen MR) is 99.5 cm³/mol. The molecule has 0 aliphatic carbocycles. The highest BCUT2D eigenvalue weighted by atomic mass is 79.9. The van der Waals surface area contributed by atoms with Crippen LogP contribution >= 0.6 is 15.9 Å². The maximum atomic E-state index is 15.1. The van der Waals surface area contributed by atoms with Crippen molar-refractivity contribution in [3.63, 3.8) is 0 Å². The Kier molecular flexibility index (Phi) is 4.42. The molecule has 0 fully saturated rings. The lowest BCUT2D eigenvalue weighted by molar-refractivity contribution is 0.275. The summed E-state index contributed by atoms with van der Waals surface area (Å²) in [5.74, 6) is -1.92. The van der Waals surface area contributed by atoms with Crippen LogP contribution in [-0.2, 0) is 6.61 Å². The summed E-state index contributed by atoms with van der Waals surface area (Å²) in [4.78, 5) is 0. The Morgan fingerprint density at radius 3 is 2.46 bits per heavy atom. The summed E-state index contributed by atoms with van der Waals surface area (Å²) >= 11 is 3.36. The maximum absolute atomic E-state index is 15.1. The van der Waals surface area contributed by atoms with Gasteiger partial charge in [-0.2, -0.15) is 5.10 Å². The molecule has 4 rings (SSSR count). The Morgan fingerprint density at radius 1 is 1.00 bits per heavy atom. The lowest BCUT2D eigenvalue weighted by Crippen LogP contribution is -2.03. The van der Waals surface area contributed by atoms with Crippen molar-refractivity contribution in [3.05, 3.63) is 88.5 Å². The molecule has 0 aliphatic rings. The zero-order valence-electron chi connectivity index (χ0n) is 13.5. The first kappa shape index (κ1) is 16.7. The monoisotopic (exact) mass is 414 g/mol. The molecule has 0 N–H and O–H groups in total. The van der Waals surface area contributed by atoms with Crippen LogP contribution in [0.5, 0.6) is 5.75 Å². The average Bonchev–Trinajstić information content (AvgIpc) is 3.07. The molecule has 0 saturated carbocycles. The minimum absolute atomic E-state index is 0.0760. The molecule has 3 aromatic carbocycles. The van der Waals surface area contributed by atoms with Crippen molar-refractivity contribution >= 4 is 26.8 Å². The van der Waals surface area contributed by atoms with E-state index in [0.29, 0.717) is 11.1 Å². The molecule has 1 heterocycles. The molecule has 6 heteroatoms. The van der Waals surface area contributed by atoms with Crippen molar-refractivity contribution < 1.29 is 13.5 Å². The highest BCUT2D eigenvalue weighted by Gasteiger charge is 2.20. The van der Waals surface area contributed by atoms with Gasteiger partial charge in [0, 0.05) is 9.86 Å². The van der Waals surface area contributed by atoms with Crippen LogP contribution in [-0.4, -0.2) is 9.78 Å². The van der Waals surface area contributed by atoms with E-state index in [-0.39, 0.29) is 12.1 Å². The van der Waals surface area contributed by atoms with Gasteiger partial charge in [-0.3, -0.25) is 0 Å². The van der Waals surface area contributed by atoms with Crippen molar-refractivity contribution in [2.24, 2.45) is 0 Å². The Balaban J connectivity index is 1.76. The molecule has 0 bridgehead atoms. The summed E-state index contributed by atoms with van der Waals surface area (Å²) in [7, 11) is 0. The molecule has 3 nitrogen and oxygen atoms in total. The molecular weight excluding hydrogens is 402 g/mol. The van der Waals surface area contributed by atoms with E-state index in [4.69, 9.17) is 4.74 Å². The summed E-state index contributed by atoms with van der Waals surface area (Å²) < 4.78 is 37.2. The van der Waals surface area contributed by atoms with E-state index < -0.39 is 17.4 Å². The van der Waals surface area contributed by atoms with Gasteiger partial charge in [-0.1, -0.05) is 46.3 Å². The van der Waals surface area contributed by atoms with E-state index in [0.717, 1.165) is 10.0 Å². The Hall–Kier alpha value is -2.73. The molecule has 0 spiro atoms. The summed E-state index contributed by atoms with van der Waals surface area (Å²) in [5.41, 5.74) is 1.67. The maximum Gasteiger partial charge on any atom is 0.194 e. The number of aromatic nitrogens is 2. The van der Waals surface area contributed by atoms with Crippen LogP contribution in [0.3, 0.4) is 0 Å². The zero-order chi connectivity index (χ0) is 18.1. The first-order chi connectivity index (χ1) is 12.6. The Bertz CT molecular complexity index is 1060. The summed E-state index contributed by atoms with van der Waals surface area (Å²) in [6.07, 6.45) is 1.44. The molecule has 130 valence electrons. The molecule has 0 amide bonds. The number of fused-ring (bicyclic) bond motifs is 1. The molecule has 0 atom stereocenters. The van der Waals surface area contributed by atoms with E-state index in [2.05, 4.69) is 21.0 Å². The number of nitrogens with zero attached hydrogens (tertiary/aromatic N) is 2. The quantitative estimate of drug-likeness (QED) is 0.431. The van der Waals surface area contributed by atoms with Crippen molar-refractivity contribution in [1.29, 1.82) is 0 Å². The molecule has 0 aliphatic heterocycles. The van der Waals surface area contributed by atoms with Crippen LogP contribution in [0.15, 0.2) is 71.3 Å². The topological polar surface area (TPSA) is 27.1 Å². The number of halogens is 3. The first-order valence-electron chi connectivity index (χ1n) is 7.92. The highest BCUT2D eigenvalue weighted by molar-refractivity contribution is 9.10. The molecule has 1 aromatic heterocycles. The van der Waals surface area contributed by atoms with Gasteiger partial charge in [0.15, 0.2) is 17.4 Å². The summed E-state index contributed by atoms with van der Waals surface area (Å²) in [6.45, 7) is 0.0760. The number of benzene rings is 3. The van der Waals surface area contributed by atoms with Gasteiger partial charge >= 0.3 is 0 Å². The van der Waals surface area contributed by atoms with Crippen LogP contribution in [0.4, 0.5) is 8.78 Å². The predicted octanol–water partition coefficient (Wildman–Crippen LogP) is 5.65. The van der Waals surface area contributed by atoms with E-state index in [9.17, 15) is 4.39 Å². The van der Waals surface area contributed by atoms with E-state index in [1.165, 1.54) is 16.9 Å². The lowest BCUT2D eigenvalue weighted by atomic mass is 10.2. The fourth-order valence-electron chi connectivity index (χ4n) is 2.74. The highest BCUT2D eigenvalue weighted by Crippen LogP contribution is 2.32. The van der Waals surface area contributed by atoms with Crippen molar-refractivity contribution in [2.75, 3.05) is 0 Å². The Morgan fingerprint density at radius 2 is 1.73 bits per heavy atom. The largest absolute Gasteiger partial charge is 0.483 e. The number of hydrogen-bond donors (Lipinski definition) is 0. The third-order valence-electron chi connectivity index (χ3n) is 4.00. The van der Waals surface area contributed by atoms with Crippen LogP contribution in [0.25, 0.3) is 16.6 Å². The normalized spacial score (nSPS) is 11.0. The second-order valence-electron chi connectivity index (χ2n) is 5.75. The third-order valence-corrected chi connectivity index (χ3v) is 4.53. The van der Waals surface area contributed by atoms with Crippen LogP contribution < -0.4 is 4.74 Å². The van der Waals surface area contributed by atoms with E-state index in [1.807, 2.05) is 42.5 Å². The van der Waals surface area contributed by atoms with E-state index >= 15 is 4.39 Å². The van der Waals surface area contributed by atoms with Crippen molar-refractivity contribution in [2.45, 2.75) is 6.61 Å². The molecule has 0 unspecified atom stereocenters. The van der Waals surface area contributed by atoms with Crippen LogP contribution in [0, 0.1) is 11.6 Å². The molecular formula is C20H13BrF2N2O. The van der Waals surface area contributed by atoms with Crippen LogP contribution in [0.1, 0.15) is 5.56 Å². The van der Waals surface area contributed by atoms with E-state index in [1.54, 1.807) is 12.1 Å². The van der Waals surface area contributed by atoms with Gasteiger partial charge in [-0.05, 0) is 35.9 Å². The van der Waals surface area contributed by atoms with Gasteiger partial charge < -0.3 is 4.74 Å². The third kappa shape index (κ3) is 3.08. The average molecular weight is 415 g/mol. The fourth-order valence-corrected chi connectivity index (χ4v) is 3.01. The zero-order valence-corrected chi connectivity index (χ0v) is 15.1. The number of ether oxygens (including phenoxy) is 1. The second-order valence-corrected chi connectivity index (χ2v) is 6.66. The molecule has 0 radical (unpaired) electrons. The minimum Gasteiger partial charge on any atom is -0.483 e. The minimum atomic E-state index is -0.767.